The third-order valence-electron chi connectivity index (χ3n) is 1.56. The predicted molar refractivity (Wildman–Crippen MR) is 51.4 cm³/mol. The molecule has 0 fully saturated rings. The van der Waals surface area contributed by atoms with Crippen molar-refractivity contribution in [2.45, 2.75) is 13.1 Å². The SMILES string of the molecule is CC(F)C(=O)c1ccc(Cl)cc1Cl. The predicted octanol–water partition coefficient (Wildman–Crippen LogP) is 3.53. The van der Waals surface area contributed by atoms with Gasteiger partial charge >= 0.3 is 0 Å². The second-order valence-corrected chi connectivity index (χ2v) is 3.45. The van der Waals surface area contributed by atoms with Crippen molar-refractivity contribution in [1.82, 2.24) is 0 Å². The molecule has 0 N–H and O–H groups in total. The number of benzene rings is 1. The minimum absolute atomic E-state index is 0.168. The molecule has 1 nitrogen and oxygen atoms in total. The molecule has 0 aliphatic heterocycles. The van der Waals surface area contributed by atoms with Gasteiger partial charge in [-0.3, -0.25) is 4.79 Å². The molecule has 0 aliphatic carbocycles. The van der Waals surface area contributed by atoms with Crippen LogP contribution in [0.25, 0.3) is 0 Å². The maximum atomic E-state index is 12.6. The Bertz CT molecular complexity index is 336. The zero-order valence-electron chi connectivity index (χ0n) is 6.85. The molecule has 4 heteroatoms. The molecule has 1 aromatic carbocycles. The van der Waals surface area contributed by atoms with E-state index in [2.05, 4.69) is 0 Å². The Morgan fingerprint density at radius 1 is 1.46 bits per heavy atom. The normalized spacial score (nSPS) is 12.6. The highest BCUT2D eigenvalue weighted by molar-refractivity contribution is 6.36. The monoisotopic (exact) mass is 220 g/mol. The van der Waals surface area contributed by atoms with Gasteiger partial charge in [0, 0.05) is 10.6 Å². The molecule has 0 heterocycles. The molecule has 0 saturated carbocycles. The van der Waals surface area contributed by atoms with Gasteiger partial charge in [0.15, 0.2) is 12.0 Å². The van der Waals surface area contributed by atoms with Crippen LogP contribution in [0.4, 0.5) is 4.39 Å². The molecule has 0 radical (unpaired) electrons. The van der Waals surface area contributed by atoms with Gasteiger partial charge in [-0.1, -0.05) is 23.2 Å². The highest BCUT2D eigenvalue weighted by atomic mass is 35.5. The number of alkyl halides is 1. The first-order valence-corrected chi connectivity index (χ1v) is 4.41. The summed E-state index contributed by atoms with van der Waals surface area (Å²) in [5.41, 5.74) is 0.168. The Hall–Kier alpha value is -0.600. The molecule has 0 aliphatic rings. The second-order valence-electron chi connectivity index (χ2n) is 2.60. The summed E-state index contributed by atoms with van der Waals surface area (Å²) >= 11 is 11.3. The van der Waals surface area contributed by atoms with Gasteiger partial charge in [-0.25, -0.2) is 4.39 Å². The third-order valence-corrected chi connectivity index (χ3v) is 2.11. The van der Waals surface area contributed by atoms with Crippen LogP contribution >= 0.6 is 23.2 Å². The summed E-state index contributed by atoms with van der Waals surface area (Å²) in [5.74, 6) is -0.623. The van der Waals surface area contributed by atoms with E-state index in [9.17, 15) is 9.18 Å². The molecule has 1 rings (SSSR count). The van der Waals surface area contributed by atoms with E-state index in [-0.39, 0.29) is 10.6 Å². The van der Waals surface area contributed by atoms with Crippen LogP contribution < -0.4 is 0 Å². The first-order chi connectivity index (χ1) is 6.02. The lowest BCUT2D eigenvalue weighted by Crippen LogP contribution is -2.11. The summed E-state index contributed by atoms with van der Waals surface area (Å²) in [7, 11) is 0. The topological polar surface area (TPSA) is 17.1 Å². The van der Waals surface area contributed by atoms with Crippen molar-refractivity contribution in [2.24, 2.45) is 0 Å². The van der Waals surface area contributed by atoms with Gasteiger partial charge in [0.2, 0.25) is 0 Å². The van der Waals surface area contributed by atoms with Gasteiger partial charge in [0.25, 0.3) is 0 Å². The minimum atomic E-state index is -1.54. The molecule has 0 amide bonds. The van der Waals surface area contributed by atoms with Crippen molar-refractivity contribution >= 4 is 29.0 Å². The minimum Gasteiger partial charge on any atom is -0.291 e. The van der Waals surface area contributed by atoms with Gasteiger partial charge < -0.3 is 0 Å². The van der Waals surface area contributed by atoms with Crippen LogP contribution in [0.5, 0.6) is 0 Å². The highest BCUT2D eigenvalue weighted by Crippen LogP contribution is 2.22. The Morgan fingerprint density at radius 3 is 2.54 bits per heavy atom. The van der Waals surface area contributed by atoms with E-state index in [0.717, 1.165) is 0 Å². The molecule has 70 valence electrons. The molecule has 0 saturated heterocycles. The maximum absolute atomic E-state index is 12.6. The summed E-state index contributed by atoms with van der Waals surface area (Å²) < 4.78 is 12.6. The summed E-state index contributed by atoms with van der Waals surface area (Å²) in [5, 5.41) is 0.607. The third kappa shape index (κ3) is 2.42. The quantitative estimate of drug-likeness (QED) is 0.698. The molecule has 1 unspecified atom stereocenters. The van der Waals surface area contributed by atoms with Gasteiger partial charge in [-0.2, -0.15) is 0 Å². The van der Waals surface area contributed by atoms with Crippen LogP contribution in [0.1, 0.15) is 17.3 Å². The molecule has 13 heavy (non-hydrogen) atoms. The van der Waals surface area contributed by atoms with Crippen molar-refractivity contribution in [3.63, 3.8) is 0 Å². The highest BCUT2D eigenvalue weighted by Gasteiger charge is 2.16. The first-order valence-electron chi connectivity index (χ1n) is 3.65. The van der Waals surface area contributed by atoms with Crippen molar-refractivity contribution in [3.05, 3.63) is 33.8 Å². The average molecular weight is 221 g/mol. The Labute approximate surface area is 85.5 Å². The number of halogens is 3. The fraction of sp³-hybridized carbons (Fsp3) is 0.222. The van der Waals surface area contributed by atoms with Crippen LogP contribution in [0.2, 0.25) is 10.0 Å². The lowest BCUT2D eigenvalue weighted by Gasteiger charge is -2.03. The van der Waals surface area contributed by atoms with E-state index in [4.69, 9.17) is 23.2 Å². The molecule has 1 aromatic rings. The number of ketones is 1. The van der Waals surface area contributed by atoms with Crippen LogP contribution in [0.15, 0.2) is 18.2 Å². The molecule has 0 bridgehead atoms. The van der Waals surface area contributed by atoms with Gasteiger partial charge in [0.1, 0.15) is 0 Å². The standard InChI is InChI=1S/C9H7Cl2FO/c1-5(12)9(13)7-3-2-6(10)4-8(7)11/h2-5H,1H3. The van der Waals surface area contributed by atoms with E-state index in [1.807, 2.05) is 0 Å². The van der Waals surface area contributed by atoms with Gasteiger partial charge in [-0.15, -0.1) is 0 Å². The van der Waals surface area contributed by atoms with Crippen molar-refractivity contribution in [1.29, 1.82) is 0 Å². The molecular weight excluding hydrogens is 214 g/mol. The number of hydrogen-bond donors (Lipinski definition) is 0. The Kier molecular flexibility index (Phi) is 3.28. The number of hydrogen-bond acceptors (Lipinski definition) is 1. The lowest BCUT2D eigenvalue weighted by atomic mass is 10.1. The fourth-order valence-electron chi connectivity index (χ4n) is 0.904. The van der Waals surface area contributed by atoms with E-state index < -0.39 is 12.0 Å². The van der Waals surface area contributed by atoms with Crippen molar-refractivity contribution in [2.75, 3.05) is 0 Å². The van der Waals surface area contributed by atoms with Crippen LogP contribution in [0.3, 0.4) is 0 Å². The smallest absolute Gasteiger partial charge is 0.198 e. The number of Topliss-reactive ketones (excluding diaryl/α,β-unsaturated/α-hetero) is 1. The van der Waals surface area contributed by atoms with Crippen molar-refractivity contribution < 1.29 is 9.18 Å². The fourth-order valence-corrected chi connectivity index (χ4v) is 1.41. The van der Waals surface area contributed by atoms with E-state index in [1.165, 1.54) is 25.1 Å². The number of carbonyl (C=O) groups excluding carboxylic acids is 1. The first kappa shape index (κ1) is 10.5. The van der Waals surface area contributed by atoms with E-state index in [0.29, 0.717) is 5.02 Å². The van der Waals surface area contributed by atoms with Gasteiger partial charge in [0.05, 0.1) is 5.02 Å². The van der Waals surface area contributed by atoms with Crippen LogP contribution in [-0.4, -0.2) is 12.0 Å². The van der Waals surface area contributed by atoms with Crippen LogP contribution in [0, 0.1) is 0 Å². The molecular formula is C9H7Cl2FO. The van der Waals surface area contributed by atoms with Gasteiger partial charge in [-0.05, 0) is 25.1 Å². The van der Waals surface area contributed by atoms with E-state index >= 15 is 0 Å². The Morgan fingerprint density at radius 2 is 2.08 bits per heavy atom. The zero-order chi connectivity index (χ0) is 10.0. The number of carbonyl (C=O) groups is 1. The summed E-state index contributed by atoms with van der Waals surface area (Å²) in [6.45, 7) is 1.17. The second kappa shape index (κ2) is 4.07. The Balaban J connectivity index is 3.09. The number of rotatable bonds is 2. The lowest BCUT2D eigenvalue weighted by molar-refractivity contribution is 0.0893. The average Bonchev–Trinajstić information content (AvgIpc) is 2.03. The van der Waals surface area contributed by atoms with Crippen molar-refractivity contribution in [3.8, 4) is 0 Å². The molecule has 1 atom stereocenters. The van der Waals surface area contributed by atoms with E-state index in [1.54, 1.807) is 0 Å². The molecule has 0 spiro atoms. The summed E-state index contributed by atoms with van der Waals surface area (Å²) in [6.07, 6.45) is -1.54. The summed E-state index contributed by atoms with van der Waals surface area (Å²) in [4.78, 5) is 11.2. The zero-order valence-corrected chi connectivity index (χ0v) is 8.36. The summed E-state index contributed by atoms with van der Waals surface area (Å²) in [6, 6.07) is 4.34. The molecule has 0 aromatic heterocycles. The maximum Gasteiger partial charge on any atom is 0.198 e. The van der Waals surface area contributed by atoms with Crippen LogP contribution in [-0.2, 0) is 0 Å². The largest absolute Gasteiger partial charge is 0.291 e.